The second-order valence-electron chi connectivity index (χ2n) is 14.1. The molecule has 8 nitrogen and oxygen atoms in total. The van der Waals surface area contributed by atoms with E-state index in [4.69, 9.17) is 9.79 Å². The largest absolute Gasteiger partial charge is 2.00 e. The van der Waals surface area contributed by atoms with Gasteiger partial charge in [0.15, 0.2) is 0 Å². The molecule has 45 heteroatoms. The van der Waals surface area contributed by atoms with Crippen LogP contribution in [0.1, 0.15) is 11.1 Å². The summed E-state index contributed by atoms with van der Waals surface area (Å²) < 4.78 is 454. The molecule has 77 heavy (non-hydrogen) atoms. The van der Waals surface area contributed by atoms with E-state index in [2.05, 4.69) is 9.47 Å². The van der Waals surface area contributed by atoms with Gasteiger partial charge in [-0.2, -0.15) is 140 Å². The minimum atomic E-state index is -8.08. The summed E-state index contributed by atoms with van der Waals surface area (Å²) in [6.07, 6.45) is -31.3. The standard InChI is InChI=1S/2C16H8F17O4P.Zn/c2*17-8(9(18)11(21,22)13(25,26)15(29,30)31)10(19,20)12(23,24)14(27,28)16(32,33)37-7-3-1-6(2-4-7)5-38(34,35)36;/h2*1-4H,5H2,(H2,34,35,36);/q;;+2/p-2/b2*9-8+;. The van der Waals surface area contributed by atoms with E-state index in [1.807, 2.05) is 0 Å². The van der Waals surface area contributed by atoms with Gasteiger partial charge in [0.05, 0.1) is 6.16 Å². The van der Waals surface area contributed by atoms with Gasteiger partial charge in [-0.05, 0) is 35.4 Å². The van der Waals surface area contributed by atoms with E-state index in [0.29, 0.717) is 24.3 Å². The molecular weight excluding hydrogens is 1290 g/mol. The maximum atomic E-state index is 13.8. The minimum Gasteiger partial charge on any atom is -0.687 e. The van der Waals surface area contributed by atoms with Crippen LogP contribution in [0.15, 0.2) is 71.8 Å². The summed E-state index contributed by atoms with van der Waals surface area (Å²) in [6.45, 7) is 0. The van der Waals surface area contributed by atoms with Crippen LogP contribution >= 0.6 is 15.9 Å². The molecule has 440 valence electrons. The zero-order valence-corrected chi connectivity index (χ0v) is 39.6. The van der Waals surface area contributed by atoms with Crippen molar-refractivity contribution in [2.24, 2.45) is 0 Å². The molecule has 2 aromatic carbocycles. The van der Waals surface area contributed by atoms with Crippen molar-refractivity contribution in [1.29, 1.82) is 0 Å². The number of rotatable bonds is 20. The molecule has 0 saturated carbocycles. The molecule has 0 aliphatic rings. The average Bonchev–Trinajstić information content (AvgIpc) is 3.21. The summed E-state index contributed by atoms with van der Waals surface area (Å²) >= 11 is 0. The maximum Gasteiger partial charge on any atom is 2.00 e. The van der Waals surface area contributed by atoms with E-state index in [9.17, 15) is 169 Å². The van der Waals surface area contributed by atoms with Gasteiger partial charge in [-0.15, -0.1) is 0 Å². The Labute approximate surface area is 414 Å². The molecule has 0 aliphatic carbocycles. The first-order valence-corrected chi connectivity index (χ1v) is 20.9. The number of halogens is 34. The van der Waals surface area contributed by atoms with Crippen LogP contribution in [0.5, 0.6) is 11.5 Å². The van der Waals surface area contributed by atoms with Crippen molar-refractivity contribution in [3.05, 3.63) is 83.0 Å². The van der Waals surface area contributed by atoms with Gasteiger partial charge in [0.2, 0.25) is 31.3 Å². The van der Waals surface area contributed by atoms with Crippen LogP contribution in [-0.4, -0.2) is 93.6 Å². The van der Waals surface area contributed by atoms with Crippen molar-refractivity contribution in [1.82, 2.24) is 0 Å². The molecule has 0 fully saturated rings. The summed E-state index contributed by atoms with van der Waals surface area (Å²) in [6, 6.07) is 2.18. The van der Waals surface area contributed by atoms with E-state index in [0.717, 1.165) is 0 Å². The molecule has 0 spiro atoms. The number of ether oxygens (including phenoxy) is 2. The van der Waals surface area contributed by atoms with Crippen molar-refractivity contribution < 1.29 is 208 Å². The SMILES string of the molecule is [O-][P+](O)(O)Cc1ccc(OC(F)(F)C(F)(F)C(F)(F)C(F)(F)/C(F)=C(\F)C(F)(F)C(F)(F)C(F)(F)F)cc1.[O-][P+]([O-])([O-])Cc1ccc(OC(F)(F)C(F)(F)C(F)(F)C(F)(F)/C(F)=C(\F)C(F)(F)C(F)(F)C(F)(F)F)cc1.[Zn+2]. The summed E-state index contributed by atoms with van der Waals surface area (Å²) in [5, 5.41) is 0. The van der Waals surface area contributed by atoms with Crippen LogP contribution in [0.25, 0.3) is 0 Å². The molecule has 0 unspecified atom stereocenters. The van der Waals surface area contributed by atoms with Gasteiger partial charge in [0, 0.05) is 0 Å². The van der Waals surface area contributed by atoms with Crippen molar-refractivity contribution in [3.63, 3.8) is 0 Å². The predicted octanol–water partition coefficient (Wildman–Crippen LogP) is 11.0. The quantitative estimate of drug-likeness (QED) is 0.0756. The third-order valence-corrected chi connectivity index (χ3v) is 9.93. The molecule has 0 amide bonds. The Hall–Kier alpha value is -3.62. The molecule has 0 saturated heterocycles. The van der Waals surface area contributed by atoms with Crippen LogP contribution in [-0.2, 0) is 31.8 Å². The van der Waals surface area contributed by atoms with E-state index < -0.39 is 158 Å². The van der Waals surface area contributed by atoms with Gasteiger partial charge >= 0.3 is 103 Å². The van der Waals surface area contributed by atoms with Crippen molar-refractivity contribution in [2.75, 3.05) is 0 Å². The normalized spacial score (nSPS) is 15.7. The van der Waals surface area contributed by atoms with Crippen LogP contribution in [0, 0.1) is 0 Å². The van der Waals surface area contributed by atoms with Crippen molar-refractivity contribution in [3.8, 4) is 11.5 Å². The fourth-order valence-electron chi connectivity index (χ4n) is 4.43. The molecule has 2 rings (SSSR count). The molecule has 0 atom stereocenters. The summed E-state index contributed by atoms with van der Waals surface area (Å²) in [5.41, 5.74) is -0.936. The van der Waals surface area contributed by atoms with Gasteiger partial charge in [-0.1, -0.05) is 24.3 Å². The Morgan fingerprint density at radius 1 is 0.351 bits per heavy atom. The van der Waals surface area contributed by atoms with E-state index >= 15 is 0 Å². The minimum absolute atomic E-state index is 0. The predicted molar refractivity (Wildman–Crippen MR) is 170 cm³/mol. The number of hydrogen-bond donors (Lipinski definition) is 2. The smallest absolute Gasteiger partial charge is 0.687 e. The molecule has 2 N–H and O–H groups in total. The van der Waals surface area contributed by atoms with E-state index in [1.54, 1.807) is 0 Å². The number of benzene rings is 2. The second kappa shape index (κ2) is 22.4. The molecule has 0 heterocycles. The Bertz CT molecular complexity index is 2230. The molecule has 0 radical (unpaired) electrons. The molecular formula is C32H14F34O8P2Zn. The average molecular weight is 1300 g/mol. The number of alkyl halides is 30. The third-order valence-electron chi connectivity index (χ3n) is 8.40. The maximum absolute atomic E-state index is 13.8. The molecule has 0 aliphatic heterocycles. The number of hydrogen-bond acceptors (Lipinski definition) is 8. The fourth-order valence-corrected chi connectivity index (χ4v) is 5.77. The van der Waals surface area contributed by atoms with Gasteiger partial charge in [-0.25, -0.2) is 27.3 Å². The second-order valence-corrected chi connectivity index (χ2v) is 17.3. The fraction of sp³-hybridized carbons (Fsp3) is 0.500. The zero-order valence-electron chi connectivity index (χ0n) is 34.8. The zero-order chi connectivity index (χ0) is 61.1. The van der Waals surface area contributed by atoms with E-state index in [1.165, 1.54) is 0 Å². The van der Waals surface area contributed by atoms with Gasteiger partial charge in [-0.3, -0.25) is 0 Å². The molecule has 2 aromatic rings. The van der Waals surface area contributed by atoms with Crippen LogP contribution in [0.2, 0.25) is 0 Å². The summed E-state index contributed by atoms with van der Waals surface area (Å²) in [4.78, 5) is 60.0. The molecule has 0 bridgehead atoms. The summed E-state index contributed by atoms with van der Waals surface area (Å²) in [5.74, 6) is -103. The van der Waals surface area contributed by atoms with Crippen molar-refractivity contribution >= 4 is 15.9 Å². The summed E-state index contributed by atoms with van der Waals surface area (Å²) in [7, 11) is -10.1. The van der Waals surface area contributed by atoms with Crippen LogP contribution in [0.3, 0.4) is 0 Å². The Morgan fingerprint density at radius 3 is 0.753 bits per heavy atom. The third kappa shape index (κ3) is 14.3. The Balaban J connectivity index is 0.00000148. The van der Waals surface area contributed by atoms with Gasteiger partial charge < -0.3 is 29.0 Å². The van der Waals surface area contributed by atoms with Crippen LogP contribution < -0.4 is 29.0 Å². The van der Waals surface area contributed by atoms with E-state index in [-0.39, 0.29) is 43.7 Å². The number of allylic oxidation sites excluding steroid dienone is 4. The first-order chi connectivity index (χ1) is 32.9. The Kier molecular flexibility index (Phi) is 21.3. The van der Waals surface area contributed by atoms with Gasteiger partial charge in [0.25, 0.3) is 0 Å². The monoisotopic (exact) mass is 1300 g/mol. The topological polar surface area (TPSA) is 151 Å². The van der Waals surface area contributed by atoms with Gasteiger partial charge in [0.1, 0.15) is 17.7 Å². The van der Waals surface area contributed by atoms with Crippen LogP contribution in [0.4, 0.5) is 149 Å². The Morgan fingerprint density at radius 2 is 0.558 bits per heavy atom. The van der Waals surface area contributed by atoms with Crippen molar-refractivity contribution in [2.45, 2.75) is 96.1 Å². The first kappa shape index (κ1) is 73.4. The first-order valence-electron chi connectivity index (χ1n) is 17.4. The molecule has 0 aromatic heterocycles.